The van der Waals surface area contributed by atoms with Crippen LogP contribution >= 0.6 is 0 Å². The number of nitrogens with one attached hydrogen (secondary N) is 2. The molecule has 0 saturated carbocycles. The molecule has 23 nitrogen and oxygen atoms in total. The molecule has 2 aliphatic heterocycles. The number of carbonyl (C=O) groups is 8. The number of imide groups is 1. The van der Waals surface area contributed by atoms with Crippen molar-refractivity contribution in [1.82, 2.24) is 30.2 Å². The highest BCUT2D eigenvalue weighted by Gasteiger charge is 2.44. The maximum atomic E-state index is 14.6. The summed E-state index contributed by atoms with van der Waals surface area (Å²) < 4.78 is 50.1. The summed E-state index contributed by atoms with van der Waals surface area (Å²) in [4.78, 5) is 112. The Bertz CT molecular complexity index is 2130. The molecule has 2 aliphatic rings. The van der Waals surface area contributed by atoms with E-state index in [1.807, 2.05) is 58.0 Å². The van der Waals surface area contributed by atoms with Crippen LogP contribution in [0, 0.1) is 17.8 Å². The number of likely N-dealkylation sites (tertiary alicyclic amines) is 1. The smallest absolute Gasteiger partial charge is 0.328 e. The first-order valence-corrected chi connectivity index (χ1v) is 28.3. The predicted molar refractivity (Wildman–Crippen MR) is 299 cm³/mol. The van der Waals surface area contributed by atoms with E-state index < -0.39 is 65.6 Å². The highest BCUT2D eigenvalue weighted by atomic mass is 16.6. The van der Waals surface area contributed by atoms with Gasteiger partial charge in [-0.1, -0.05) is 71.4 Å². The molecule has 0 bridgehead atoms. The third-order valence-electron chi connectivity index (χ3n) is 15.0. The van der Waals surface area contributed by atoms with Crippen LogP contribution in [0.3, 0.4) is 0 Å². The number of ether oxygens (including phenoxy) is 9. The summed E-state index contributed by atoms with van der Waals surface area (Å²) in [7, 11) is 7.48. The second-order valence-electron chi connectivity index (χ2n) is 21.2. The van der Waals surface area contributed by atoms with Crippen LogP contribution in [0.5, 0.6) is 0 Å². The molecular weight excluding hydrogens is 1050 g/mol. The Morgan fingerprint density at radius 3 is 1.75 bits per heavy atom. The van der Waals surface area contributed by atoms with Gasteiger partial charge in [0.15, 0.2) is 0 Å². The number of carbonyl (C=O) groups excluding carboxylic acids is 8. The summed E-state index contributed by atoms with van der Waals surface area (Å²) in [6.07, 6.45) is 3.11. The molecule has 1 saturated heterocycles. The number of hydrogen-bond acceptors (Lipinski definition) is 17. The fourth-order valence-corrected chi connectivity index (χ4v) is 9.65. The third-order valence-corrected chi connectivity index (χ3v) is 15.0. The lowest BCUT2D eigenvalue weighted by Crippen LogP contribution is -2.62. The maximum Gasteiger partial charge on any atom is 0.328 e. The molecule has 8 atom stereocenters. The second-order valence-corrected chi connectivity index (χ2v) is 21.2. The zero-order valence-corrected chi connectivity index (χ0v) is 50.1. The van der Waals surface area contributed by atoms with E-state index in [-0.39, 0.29) is 93.6 Å². The molecule has 23 heteroatoms. The number of nitrogens with zero attached hydrogens (tertiary/aromatic N) is 4. The molecule has 1 unspecified atom stereocenters. The van der Waals surface area contributed by atoms with Gasteiger partial charge in [0.05, 0.1) is 136 Å². The molecule has 2 heterocycles. The number of hydrogen-bond donors (Lipinski definition) is 2. The van der Waals surface area contributed by atoms with Crippen molar-refractivity contribution in [2.45, 2.75) is 129 Å². The van der Waals surface area contributed by atoms with Crippen LogP contribution in [0.1, 0.15) is 86.1 Å². The van der Waals surface area contributed by atoms with Gasteiger partial charge in [0, 0.05) is 53.4 Å². The number of esters is 1. The van der Waals surface area contributed by atoms with Gasteiger partial charge >= 0.3 is 5.97 Å². The lowest BCUT2D eigenvalue weighted by Gasteiger charge is -2.41. The molecule has 0 aromatic heterocycles. The van der Waals surface area contributed by atoms with Crippen molar-refractivity contribution in [1.29, 1.82) is 0 Å². The van der Waals surface area contributed by atoms with Crippen LogP contribution in [-0.2, 0) is 87.4 Å². The van der Waals surface area contributed by atoms with E-state index in [2.05, 4.69) is 10.6 Å². The Balaban J connectivity index is 1.43. The normalized spacial score (nSPS) is 17.1. The molecule has 0 spiro atoms. The van der Waals surface area contributed by atoms with E-state index in [1.165, 1.54) is 45.4 Å². The molecule has 458 valence electrons. The van der Waals surface area contributed by atoms with Crippen molar-refractivity contribution >= 4 is 47.3 Å². The highest BCUT2D eigenvalue weighted by Crippen LogP contribution is 2.30. The summed E-state index contributed by atoms with van der Waals surface area (Å²) >= 11 is 0. The summed E-state index contributed by atoms with van der Waals surface area (Å²) in [6.45, 7) is 17.0. The number of likely N-dealkylation sites (N-methyl/N-ethyl adjacent to an activating group) is 2. The summed E-state index contributed by atoms with van der Waals surface area (Å²) in [5.74, 6) is -4.36. The Hall–Kier alpha value is -5.40. The number of amides is 7. The van der Waals surface area contributed by atoms with Gasteiger partial charge in [-0.25, -0.2) is 4.79 Å². The Morgan fingerprint density at radius 2 is 1.26 bits per heavy atom. The first kappa shape index (κ1) is 69.9. The first-order chi connectivity index (χ1) is 38.7. The molecule has 1 aromatic rings. The molecule has 81 heavy (non-hydrogen) atoms. The topological polar surface area (TPSA) is 257 Å². The van der Waals surface area contributed by atoms with E-state index in [0.29, 0.717) is 78.7 Å². The fourth-order valence-electron chi connectivity index (χ4n) is 9.65. The third kappa shape index (κ3) is 22.4. The van der Waals surface area contributed by atoms with Gasteiger partial charge in [0.2, 0.25) is 29.5 Å². The van der Waals surface area contributed by atoms with Crippen LogP contribution in [0.25, 0.3) is 0 Å². The van der Waals surface area contributed by atoms with Crippen molar-refractivity contribution in [3.8, 4) is 0 Å². The van der Waals surface area contributed by atoms with Crippen LogP contribution in [0.2, 0.25) is 0 Å². The van der Waals surface area contributed by atoms with Crippen LogP contribution in [-0.4, -0.2) is 237 Å². The SMILES string of the molecule is CC[C@H](C)[C@@H]([C@@H](CC(=O)N1CCC[C@H]1[C@H](OC)C(C)C(=O)N[C@@H](Cc1ccccc1)C(=O)OC)OC)N(C)C(=O)[C@@H](NC(=O)C(C)(C)N(C)C(=O)CCOCCOCCOCCOCCOCCOCCN1C(=O)C=CC1=O)C(C)C. The van der Waals surface area contributed by atoms with E-state index >= 15 is 0 Å². The molecule has 1 aromatic carbocycles. The summed E-state index contributed by atoms with van der Waals surface area (Å²) in [5.41, 5.74) is -0.503. The fraction of sp³-hybridized carbons (Fsp3) is 0.724. The van der Waals surface area contributed by atoms with Gasteiger partial charge < -0.3 is 68.0 Å². The lowest BCUT2D eigenvalue weighted by atomic mass is 9.89. The van der Waals surface area contributed by atoms with E-state index in [4.69, 9.17) is 42.6 Å². The van der Waals surface area contributed by atoms with Crippen LogP contribution in [0.15, 0.2) is 42.5 Å². The Morgan fingerprint density at radius 1 is 0.728 bits per heavy atom. The van der Waals surface area contributed by atoms with Crippen LogP contribution < -0.4 is 10.6 Å². The van der Waals surface area contributed by atoms with Gasteiger partial charge in [-0.15, -0.1) is 0 Å². The lowest BCUT2D eigenvalue weighted by molar-refractivity contribution is -0.150. The van der Waals surface area contributed by atoms with Crippen molar-refractivity contribution in [3.05, 3.63) is 48.0 Å². The largest absolute Gasteiger partial charge is 0.467 e. The molecule has 0 radical (unpaired) electrons. The number of benzene rings is 1. The first-order valence-electron chi connectivity index (χ1n) is 28.3. The van der Waals surface area contributed by atoms with Crippen molar-refractivity contribution in [2.24, 2.45) is 17.8 Å². The van der Waals surface area contributed by atoms with Crippen LogP contribution in [0.4, 0.5) is 0 Å². The molecule has 2 N–H and O–H groups in total. The average Bonchev–Trinajstić information content (AvgIpc) is 4.08. The van der Waals surface area contributed by atoms with Crippen molar-refractivity contribution in [3.63, 3.8) is 0 Å². The average molecular weight is 1150 g/mol. The minimum atomic E-state index is -1.35. The molecule has 7 amide bonds. The quantitative estimate of drug-likeness (QED) is 0.0543. The minimum absolute atomic E-state index is 0.00669. The van der Waals surface area contributed by atoms with Gasteiger partial charge in [0.1, 0.15) is 17.6 Å². The highest BCUT2D eigenvalue weighted by molar-refractivity contribution is 6.12. The Labute approximate surface area is 479 Å². The summed E-state index contributed by atoms with van der Waals surface area (Å²) in [6, 6.07) is 6.35. The zero-order valence-electron chi connectivity index (χ0n) is 50.1. The zero-order chi connectivity index (χ0) is 60.1. The number of methoxy groups -OCH3 is 3. The van der Waals surface area contributed by atoms with E-state index in [1.54, 1.807) is 37.6 Å². The second kappa shape index (κ2) is 36.9. The van der Waals surface area contributed by atoms with Gasteiger partial charge in [0.25, 0.3) is 11.8 Å². The molecule has 3 rings (SSSR count). The molecular formula is C58H94N6O17. The summed E-state index contributed by atoms with van der Waals surface area (Å²) in [5, 5.41) is 5.79. The predicted octanol–water partition coefficient (Wildman–Crippen LogP) is 2.60. The maximum absolute atomic E-state index is 14.6. The van der Waals surface area contributed by atoms with Gasteiger partial charge in [-0.05, 0) is 44.1 Å². The van der Waals surface area contributed by atoms with E-state index in [9.17, 15) is 38.4 Å². The van der Waals surface area contributed by atoms with Crippen molar-refractivity contribution in [2.75, 3.05) is 128 Å². The monoisotopic (exact) mass is 1150 g/mol. The van der Waals surface area contributed by atoms with Gasteiger partial charge in [-0.2, -0.15) is 0 Å². The number of rotatable bonds is 41. The molecule has 0 aliphatic carbocycles. The van der Waals surface area contributed by atoms with E-state index in [0.717, 1.165) is 10.5 Å². The minimum Gasteiger partial charge on any atom is -0.467 e. The molecule has 1 fully saturated rings. The van der Waals surface area contributed by atoms with Crippen molar-refractivity contribution < 1.29 is 81.0 Å². The Kier molecular flexibility index (Phi) is 31.9. The standard InChI is InChI=1S/C58H94N6O17/c1-13-41(4)52(46(73-10)39-50(68)63-24-17-20-45(63)53(74-11)42(5)54(69)59-44(56(71)75-12)38-43-18-15-14-16-19-43)61(8)55(70)51(40(2)3)60-57(72)58(6,7)62(9)47(65)23-26-76-28-30-78-32-34-80-36-37-81-35-33-79-31-29-77-27-25-64-48(66)21-22-49(64)67/h14-16,18-19,21-22,40-42,44-46,51-53H,13,17,20,23-39H2,1-12H3,(H,59,69)(H,60,72)/t41-,42?,44-,45-,46+,51-,52-,53+/m0/s1. The van der Waals surface area contributed by atoms with Gasteiger partial charge in [-0.3, -0.25) is 38.5 Å².